The molecule has 0 saturated heterocycles. The zero-order chi connectivity index (χ0) is 20.6. The number of benzene rings is 2. The first kappa shape index (κ1) is 22.3. The van der Waals surface area contributed by atoms with Gasteiger partial charge in [-0.25, -0.2) is 0 Å². The van der Waals surface area contributed by atoms with Gasteiger partial charge in [-0.15, -0.1) is 0 Å². The lowest BCUT2D eigenvalue weighted by Crippen LogP contribution is -2.42. The average Bonchev–Trinajstić information content (AvgIpc) is 2.88. The van der Waals surface area contributed by atoms with Gasteiger partial charge in [-0.1, -0.05) is 57.0 Å². The van der Waals surface area contributed by atoms with Crippen LogP contribution < -0.4 is 10.1 Å². The molecule has 152 valence electrons. The minimum absolute atomic E-state index is 0.0844. The van der Waals surface area contributed by atoms with Crippen molar-refractivity contribution < 1.29 is 14.1 Å². The molecular weight excluding hydrogens is 370 g/mol. The van der Waals surface area contributed by atoms with Crippen LogP contribution in [0.2, 0.25) is 0 Å². The quantitative estimate of drug-likeness (QED) is 0.724. The van der Waals surface area contributed by atoms with Crippen molar-refractivity contribution in [1.29, 1.82) is 0 Å². The molecule has 1 heterocycles. The predicted octanol–water partition coefficient (Wildman–Crippen LogP) is 4.86. The topological polar surface area (TPSA) is 58.6 Å². The number of unbranched alkanes of at least 4 members (excludes halogenated alkanes) is 1. The zero-order valence-electron chi connectivity index (χ0n) is 17.0. The van der Waals surface area contributed by atoms with Crippen molar-refractivity contribution in [2.24, 2.45) is 5.41 Å². The number of ether oxygens (including phenoxy) is 1. The first-order chi connectivity index (χ1) is 13.6. The maximum atomic E-state index is 11.6. The van der Waals surface area contributed by atoms with Crippen molar-refractivity contribution in [3.05, 3.63) is 59.7 Å². The third kappa shape index (κ3) is 4.53. The van der Waals surface area contributed by atoms with Gasteiger partial charge in [0.2, 0.25) is 0 Å². The summed E-state index contributed by atoms with van der Waals surface area (Å²) in [6.45, 7) is 4.95. The third-order valence-electron chi connectivity index (χ3n) is 5.98. The van der Waals surface area contributed by atoms with E-state index >= 15 is 0 Å². The Balaban J connectivity index is 0.00000136. The SMILES string of the molecule is CCCC[C@]1(CC)COc2ccc(NC)cc2[C@@H](c2ccccc2)[C@H]1O.O=S. The van der Waals surface area contributed by atoms with Crippen molar-refractivity contribution in [3.63, 3.8) is 0 Å². The lowest BCUT2D eigenvalue weighted by Gasteiger charge is -2.39. The maximum absolute atomic E-state index is 11.6. The molecule has 1 aliphatic rings. The number of aliphatic hydroxyl groups excluding tert-OH is 1. The van der Waals surface area contributed by atoms with E-state index in [2.05, 4.69) is 62.0 Å². The monoisotopic (exact) mass is 401 g/mol. The highest BCUT2D eigenvalue weighted by atomic mass is 32.1. The largest absolute Gasteiger partial charge is 0.493 e. The van der Waals surface area contributed by atoms with Crippen LogP contribution in [0.15, 0.2) is 48.5 Å². The van der Waals surface area contributed by atoms with E-state index in [9.17, 15) is 5.11 Å². The highest BCUT2D eigenvalue weighted by Gasteiger charge is 2.45. The van der Waals surface area contributed by atoms with E-state index in [0.29, 0.717) is 6.61 Å². The van der Waals surface area contributed by atoms with Gasteiger partial charge in [-0.2, -0.15) is 4.21 Å². The molecule has 2 aromatic carbocycles. The lowest BCUT2D eigenvalue weighted by molar-refractivity contribution is -0.0210. The fraction of sp³-hybridized carbons (Fsp3) is 0.478. The van der Waals surface area contributed by atoms with E-state index in [1.807, 2.05) is 25.2 Å². The molecule has 0 bridgehead atoms. The smallest absolute Gasteiger partial charge is 0.197 e. The molecule has 0 radical (unpaired) electrons. The van der Waals surface area contributed by atoms with Gasteiger partial charge in [-0.05, 0) is 36.6 Å². The van der Waals surface area contributed by atoms with Crippen molar-refractivity contribution in [3.8, 4) is 5.75 Å². The summed E-state index contributed by atoms with van der Waals surface area (Å²) in [7, 11) is 1.92. The van der Waals surface area contributed by atoms with Crippen LogP contribution in [-0.2, 0) is 12.5 Å². The van der Waals surface area contributed by atoms with Gasteiger partial charge in [0.1, 0.15) is 5.75 Å². The first-order valence-electron chi connectivity index (χ1n) is 9.99. The van der Waals surface area contributed by atoms with Gasteiger partial charge in [0.15, 0.2) is 12.5 Å². The van der Waals surface area contributed by atoms with Crippen molar-refractivity contribution in [2.45, 2.75) is 51.6 Å². The van der Waals surface area contributed by atoms with E-state index in [-0.39, 0.29) is 11.3 Å². The van der Waals surface area contributed by atoms with Gasteiger partial charge in [0.05, 0.1) is 12.7 Å². The van der Waals surface area contributed by atoms with Crippen LogP contribution in [0.5, 0.6) is 5.75 Å². The van der Waals surface area contributed by atoms with E-state index < -0.39 is 6.10 Å². The third-order valence-corrected chi connectivity index (χ3v) is 5.98. The fourth-order valence-corrected chi connectivity index (χ4v) is 4.17. The molecule has 5 heteroatoms. The van der Waals surface area contributed by atoms with E-state index in [0.717, 1.165) is 48.2 Å². The highest BCUT2D eigenvalue weighted by Crippen LogP contribution is 2.48. The molecule has 0 spiro atoms. The van der Waals surface area contributed by atoms with Crippen LogP contribution in [0.4, 0.5) is 5.69 Å². The Morgan fingerprint density at radius 2 is 1.89 bits per heavy atom. The van der Waals surface area contributed by atoms with Crippen LogP contribution in [0.25, 0.3) is 0 Å². The Bertz CT molecular complexity index is 740. The number of fused-ring (bicyclic) bond motifs is 1. The Morgan fingerprint density at radius 3 is 2.50 bits per heavy atom. The molecule has 4 nitrogen and oxygen atoms in total. The molecule has 3 rings (SSSR count). The summed E-state index contributed by atoms with van der Waals surface area (Å²) in [5.74, 6) is 0.808. The summed E-state index contributed by atoms with van der Waals surface area (Å²) < 4.78 is 14.1. The summed E-state index contributed by atoms with van der Waals surface area (Å²) in [4.78, 5) is 0. The molecule has 3 atom stereocenters. The summed E-state index contributed by atoms with van der Waals surface area (Å²) in [5, 5.41) is 14.9. The lowest BCUT2D eigenvalue weighted by atomic mass is 9.69. The minimum atomic E-state index is -0.477. The van der Waals surface area contributed by atoms with Gasteiger partial charge >= 0.3 is 0 Å². The number of hydrogen-bond donors (Lipinski definition) is 2. The second-order valence-corrected chi connectivity index (χ2v) is 7.44. The molecule has 0 fully saturated rings. The van der Waals surface area contributed by atoms with Gasteiger partial charge < -0.3 is 15.2 Å². The summed E-state index contributed by atoms with van der Waals surface area (Å²) in [6.07, 6.45) is 3.64. The van der Waals surface area contributed by atoms with Crippen LogP contribution in [-0.4, -0.2) is 29.1 Å². The maximum Gasteiger partial charge on any atom is 0.197 e. The number of anilines is 1. The highest BCUT2D eigenvalue weighted by molar-refractivity contribution is 7.44. The predicted molar refractivity (Wildman–Crippen MR) is 116 cm³/mol. The average molecular weight is 402 g/mol. The summed E-state index contributed by atoms with van der Waals surface area (Å²) in [6, 6.07) is 16.6. The first-order valence-corrected chi connectivity index (χ1v) is 10.3. The van der Waals surface area contributed by atoms with Crippen molar-refractivity contribution in [1.82, 2.24) is 0 Å². The number of rotatable bonds is 6. The van der Waals surface area contributed by atoms with Gasteiger partial charge in [0.25, 0.3) is 0 Å². The Hall–Kier alpha value is -1.98. The molecule has 0 amide bonds. The van der Waals surface area contributed by atoms with E-state index in [1.165, 1.54) is 0 Å². The van der Waals surface area contributed by atoms with Crippen LogP contribution in [0, 0.1) is 5.41 Å². The summed E-state index contributed by atoms with van der Waals surface area (Å²) in [5.41, 5.74) is 3.03. The van der Waals surface area contributed by atoms with Crippen LogP contribution in [0.1, 0.15) is 56.6 Å². The molecule has 1 aliphatic heterocycles. The van der Waals surface area contributed by atoms with Gasteiger partial charge in [0, 0.05) is 29.6 Å². The molecule has 0 aromatic heterocycles. The summed E-state index contributed by atoms with van der Waals surface area (Å²) >= 11 is 2.83. The van der Waals surface area contributed by atoms with Crippen molar-refractivity contribution in [2.75, 3.05) is 19.0 Å². The Labute approximate surface area is 173 Å². The Morgan fingerprint density at radius 1 is 1.18 bits per heavy atom. The Kier molecular flexibility index (Phi) is 8.39. The van der Waals surface area contributed by atoms with Gasteiger partial charge in [-0.3, -0.25) is 0 Å². The second-order valence-electron chi connectivity index (χ2n) is 7.44. The van der Waals surface area contributed by atoms with Crippen LogP contribution >= 0.6 is 0 Å². The standard InChI is InChI=1S/C23H31NO2.OS/c1-4-6-14-23(5-2)16-26-20-13-12-18(24-3)15-19(20)21(22(23)25)17-10-8-7-9-11-17;1-2/h7-13,15,21-22,24-25H,4-6,14,16H2,1-3H3;/t21-,22-,23-;/m1./s1. The molecular formula is C23H31NO3S. The van der Waals surface area contributed by atoms with Crippen molar-refractivity contribution >= 4 is 18.2 Å². The van der Waals surface area contributed by atoms with E-state index in [4.69, 9.17) is 8.95 Å². The fourth-order valence-electron chi connectivity index (χ4n) is 4.17. The normalized spacial score (nSPS) is 23.4. The molecule has 2 aromatic rings. The number of hydrogen-bond acceptors (Lipinski definition) is 5. The number of aliphatic hydroxyl groups is 1. The minimum Gasteiger partial charge on any atom is -0.493 e. The molecule has 0 aliphatic carbocycles. The molecule has 28 heavy (non-hydrogen) atoms. The second kappa shape index (κ2) is 10.5. The number of nitrogens with one attached hydrogen (secondary N) is 1. The zero-order valence-corrected chi connectivity index (χ0v) is 17.8. The molecule has 2 N–H and O–H groups in total. The molecule has 0 saturated carbocycles. The van der Waals surface area contributed by atoms with E-state index in [1.54, 1.807) is 0 Å². The molecule has 0 unspecified atom stereocenters. The van der Waals surface area contributed by atoms with Crippen LogP contribution in [0.3, 0.4) is 0 Å².